The number of amides is 1. The topological polar surface area (TPSA) is 51.2 Å². The van der Waals surface area contributed by atoms with Crippen molar-refractivity contribution in [3.05, 3.63) is 29.0 Å². The molecule has 0 unspecified atom stereocenters. The van der Waals surface area contributed by atoms with Crippen LogP contribution in [0.25, 0.3) is 0 Å². The number of hydrogen-bond donors (Lipinski definition) is 1. The predicted molar refractivity (Wildman–Crippen MR) is 91.7 cm³/mol. The van der Waals surface area contributed by atoms with E-state index in [1.807, 2.05) is 26.8 Å². The number of ether oxygens (including phenoxy) is 1. The molecule has 1 aliphatic rings. The summed E-state index contributed by atoms with van der Waals surface area (Å²) in [7, 11) is 0. The van der Waals surface area contributed by atoms with Gasteiger partial charge in [-0.25, -0.2) is 9.78 Å². The van der Waals surface area contributed by atoms with Crippen LogP contribution in [0.2, 0.25) is 5.15 Å². The van der Waals surface area contributed by atoms with Gasteiger partial charge in [0, 0.05) is 23.0 Å². The summed E-state index contributed by atoms with van der Waals surface area (Å²) >= 11 is 9.56. The molecule has 1 aliphatic carbocycles. The molecule has 1 amide bonds. The number of pyridine rings is 1. The van der Waals surface area contributed by atoms with E-state index in [4.69, 9.17) is 16.3 Å². The van der Waals surface area contributed by atoms with Crippen LogP contribution in [-0.4, -0.2) is 27.5 Å². The maximum atomic E-state index is 12.1. The summed E-state index contributed by atoms with van der Waals surface area (Å²) in [5.74, 6) is 0.204. The highest BCUT2D eigenvalue weighted by molar-refractivity contribution is 9.09. The smallest absolute Gasteiger partial charge is 0.407 e. The van der Waals surface area contributed by atoms with E-state index in [0.717, 1.165) is 24.8 Å². The van der Waals surface area contributed by atoms with Gasteiger partial charge in [-0.05, 0) is 51.7 Å². The third-order valence-corrected chi connectivity index (χ3v) is 4.72. The number of nitrogens with zero attached hydrogens (tertiary/aromatic N) is 1. The molecule has 1 heterocycles. The van der Waals surface area contributed by atoms with Gasteiger partial charge in [0.25, 0.3) is 0 Å². The summed E-state index contributed by atoms with van der Waals surface area (Å²) in [4.78, 5) is 16.7. The Bertz CT molecular complexity index is 516. The fourth-order valence-corrected chi connectivity index (χ4v) is 3.50. The average molecular weight is 390 g/mol. The minimum Gasteiger partial charge on any atom is -0.444 e. The monoisotopic (exact) mass is 388 g/mol. The Hall–Kier alpha value is -0.810. The predicted octanol–water partition coefficient (Wildman–Crippen LogP) is 4.66. The van der Waals surface area contributed by atoms with Gasteiger partial charge >= 0.3 is 6.09 Å². The molecule has 1 aromatic heterocycles. The van der Waals surface area contributed by atoms with Crippen LogP contribution in [-0.2, 0) is 4.74 Å². The first kappa shape index (κ1) is 17.5. The van der Waals surface area contributed by atoms with Crippen molar-refractivity contribution in [1.29, 1.82) is 0 Å². The van der Waals surface area contributed by atoms with E-state index in [1.54, 1.807) is 12.3 Å². The maximum Gasteiger partial charge on any atom is 0.407 e. The Labute approximate surface area is 145 Å². The molecule has 0 bridgehead atoms. The van der Waals surface area contributed by atoms with Crippen molar-refractivity contribution in [1.82, 2.24) is 10.3 Å². The molecule has 1 saturated carbocycles. The molecular weight excluding hydrogens is 368 g/mol. The number of hydrogen-bond acceptors (Lipinski definition) is 3. The van der Waals surface area contributed by atoms with Crippen LogP contribution in [0.15, 0.2) is 18.3 Å². The highest BCUT2D eigenvalue weighted by Gasteiger charge is 2.32. The zero-order valence-corrected chi connectivity index (χ0v) is 15.4. The molecule has 3 atom stereocenters. The molecule has 0 aliphatic heterocycles. The summed E-state index contributed by atoms with van der Waals surface area (Å²) < 4.78 is 5.37. The van der Waals surface area contributed by atoms with E-state index in [1.165, 1.54) is 0 Å². The van der Waals surface area contributed by atoms with Gasteiger partial charge in [0.1, 0.15) is 10.8 Å². The number of alkyl halides is 1. The van der Waals surface area contributed by atoms with Crippen LogP contribution in [0.1, 0.15) is 51.5 Å². The Morgan fingerprint density at radius 2 is 2.14 bits per heavy atom. The fraction of sp³-hybridized carbons (Fsp3) is 0.625. The Morgan fingerprint density at radius 1 is 1.41 bits per heavy atom. The molecule has 22 heavy (non-hydrogen) atoms. The lowest BCUT2D eigenvalue weighted by Crippen LogP contribution is -2.44. The summed E-state index contributed by atoms with van der Waals surface area (Å²) in [6, 6.07) is 3.82. The molecule has 1 N–H and O–H groups in total. The lowest BCUT2D eigenvalue weighted by Gasteiger charge is -2.35. The lowest BCUT2D eigenvalue weighted by atomic mass is 9.80. The molecule has 1 aromatic rings. The third kappa shape index (κ3) is 5.13. The fourth-order valence-electron chi connectivity index (χ4n) is 2.73. The number of halogens is 2. The van der Waals surface area contributed by atoms with Crippen molar-refractivity contribution in [2.24, 2.45) is 0 Å². The normalized spacial score (nSPS) is 25.6. The minimum absolute atomic E-state index is 0.0478. The van der Waals surface area contributed by atoms with Gasteiger partial charge in [-0.3, -0.25) is 0 Å². The van der Waals surface area contributed by atoms with E-state index in [9.17, 15) is 4.79 Å². The molecule has 0 spiro atoms. The molecule has 6 heteroatoms. The summed E-state index contributed by atoms with van der Waals surface area (Å²) in [6.07, 6.45) is 4.31. The van der Waals surface area contributed by atoms with Crippen LogP contribution in [0.3, 0.4) is 0 Å². The summed E-state index contributed by atoms with van der Waals surface area (Å²) in [6.45, 7) is 5.59. The first-order chi connectivity index (χ1) is 10.2. The van der Waals surface area contributed by atoms with Crippen LogP contribution in [0.5, 0.6) is 0 Å². The standard InChI is InChI=1S/C16H22BrClN2O2/c1-16(2,3)22-15(21)20-13-6-5-11(17)8-12(13)10-4-7-14(18)19-9-10/h4,7,9,11-13H,5-6,8H2,1-3H3,(H,20,21)/t11-,12-,13-/m1/s1. The van der Waals surface area contributed by atoms with Gasteiger partial charge in [-0.15, -0.1) is 0 Å². The van der Waals surface area contributed by atoms with E-state index in [2.05, 4.69) is 26.2 Å². The second-order valence-electron chi connectivity index (χ2n) is 6.68. The number of alkyl carbamates (subject to hydrolysis) is 1. The van der Waals surface area contributed by atoms with Crippen LogP contribution >= 0.6 is 27.5 Å². The van der Waals surface area contributed by atoms with E-state index >= 15 is 0 Å². The van der Waals surface area contributed by atoms with Gasteiger partial charge in [0.15, 0.2) is 0 Å². The first-order valence-corrected chi connectivity index (χ1v) is 8.79. The van der Waals surface area contributed by atoms with Crippen molar-refractivity contribution in [3.63, 3.8) is 0 Å². The molecule has 122 valence electrons. The van der Waals surface area contributed by atoms with Gasteiger partial charge in [0.2, 0.25) is 0 Å². The minimum atomic E-state index is -0.492. The van der Waals surface area contributed by atoms with Crippen molar-refractivity contribution in [2.75, 3.05) is 0 Å². The molecule has 4 nitrogen and oxygen atoms in total. The number of carbonyl (C=O) groups excluding carboxylic acids is 1. The van der Waals surface area contributed by atoms with Crippen molar-refractivity contribution >= 4 is 33.6 Å². The number of aromatic nitrogens is 1. The number of nitrogens with one attached hydrogen (secondary N) is 1. The Kier molecular flexibility index (Phi) is 5.72. The molecule has 0 aromatic carbocycles. The van der Waals surface area contributed by atoms with E-state index in [-0.39, 0.29) is 18.1 Å². The van der Waals surface area contributed by atoms with Crippen molar-refractivity contribution in [3.8, 4) is 0 Å². The van der Waals surface area contributed by atoms with Gasteiger partial charge in [0.05, 0.1) is 0 Å². The quantitative estimate of drug-likeness (QED) is 0.591. The third-order valence-electron chi connectivity index (χ3n) is 3.67. The second-order valence-corrected chi connectivity index (χ2v) is 8.37. The highest BCUT2D eigenvalue weighted by Crippen LogP contribution is 2.36. The Balaban J connectivity index is 2.10. The van der Waals surface area contributed by atoms with Crippen LogP contribution in [0.4, 0.5) is 4.79 Å². The van der Waals surface area contributed by atoms with Gasteiger partial charge in [-0.2, -0.15) is 0 Å². The molecule has 0 radical (unpaired) electrons. The van der Waals surface area contributed by atoms with Gasteiger partial charge in [-0.1, -0.05) is 33.6 Å². The Morgan fingerprint density at radius 3 is 2.73 bits per heavy atom. The van der Waals surface area contributed by atoms with Crippen molar-refractivity contribution < 1.29 is 9.53 Å². The molecule has 1 fully saturated rings. The molecule has 2 rings (SSSR count). The largest absolute Gasteiger partial charge is 0.444 e. The SMILES string of the molecule is CC(C)(C)OC(=O)N[C@@H]1CC[C@@H](Br)C[C@@H]1c1ccc(Cl)nc1. The highest BCUT2D eigenvalue weighted by atomic mass is 79.9. The zero-order valence-electron chi connectivity index (χ0n) is 13.1. The van der Waals surface area contributed by atoms with Gasteiger partial charge < -0.3 is 10.1 Å². The van der Waals surface area contributed by atoms with Crippen molar-refractivity contribution in [2.45, 2.75) is 62.4 Å². The maximum absolute atomic E-state index is 12.1. The van der Waals surface area contributed by atoms with E-state index < -0.39 is 5.60 Å². The van der Waals surface area contributed by atoms with E-state index in [0.29, 0.717) is 9.98 Å². The molecule has 0 saturated heterocycles. The zero-order chi connectivity index (χ0) is 16.3. The first-order valence-electron chi connectivity index (χ1n) is 7.49. The number of carbonyl (C=O) groups is 1. The van der Waals surface area contributed by atoms with Crippen LogP contribution < -0.4 is 5.32 Å². The summed E-state index contributed by atoms with van der Waals surface area (Å²) in [5.41, 5.74) is 0.600. The average Bonchev–Trinajstić information content (AvgIpc) is 2.40. The lowest BCUT2D eigenvalue weighted by molar-refractivity contribution is 0.0486. The molecular formula is C16H22BrClN2O2. The number of rotatable bonds is 2. The van der Waals surface area contributed by atoms with Crippen LogP contribution in [0, 0.1) is 0 Å². The summed E-state index contributed by atoms with van der Waals surface area (Å²) in [5, 5.41) is 3.49. The second kappa shape index (κ2) is 7.18.